The van der Waals surface area contributed by atoms with Crippen LogP contribution < -0.4 is 0 Å². The van der Waals surface area contributed by atoms with Crippen molar-refractivity contribution in [3.63, 3.8) is 0 Å². The van der Waals surface area contributed by atoms with Crippen molar-refractivity contribution < 1.29 is 0 Å². The van der Waals surface area contributed by atoms with Crippen LogP contribution in [0.5, 0.6) is 0 Å². The molecule has 0 bridgehead atoms. The van der Waals surface area contributed by atoms with Gasteiger partial charge in [-0.05, 0) is 24.6 Å². The smallest absolute Gasteiger partial charge is 0.0907 e. The summed E-state index contributed by atoms with van der Waals surface area (Å²) in [6.45, 7) is 2.01. The number of hydrogen-bond donors (Lipinski definition) is 0. The van der Waals surface area contributed by atoms with Crippen molar-refractivity contribution in [3.8, 4) is 0 Å². The third-order valence-corrected chi connectivity index (χ3v) is 1.83. The fraction of sp³-hybridized carbons (Fsp3) is 0.300. The zero-order valence-corrected chi connectivity index (χ0v) is 8.84. The summed E-state index contributed by atoms with van der Waals surface area (Å²) in [4.78, 5) is 6.09. The van der Waals surface area contributed by atoms with E-state index in [-0.39, 0.29) is 0 Å². The van der Waals surface area contributed by atoms with E-state index in [1.165, 1.54) is 0 Å². The van der Waals surface area contributed by atoms with Crippen molar-refractivity contribution in [2.75, 3.05) is 14.1 Å². The van der Waals surface area contributed by atoms with Gasteiger partial charge < -0.3 is 4.90 Å². The molecule has 0 aromatic heterocycles. The van der Waals surface area contributed by atoms with E-state index in [1.807, 2.05) is 44.1 Å². The normalized spacial score (nSPS) is 10.8. The van der Waals surface area contributed by atoms with Crippen LogP contribution in [-0.2, 0) is 0 Å². The lowest BCUT2D eigenvalue weighted by Gasteiger charge is -2.03. The highest BCUT2D eigenvalue weighted by atomic mass is 35.5. The van der Waals surface area contributed by atoms with E-state index in [1.54, 1.807) is 6.34 Å². The van der Waals surface area contributed by atoms with Crippen molar-refractivity contribution in [2.24, 2.45) is 4.99 Å². The third kappa shape index (κ3) is 3.07. The number of halogens is 1. The Labute approximate surface area is 83.8 Å². The largest absolute Gasteiger partial charge is 0.369 e. The molecule has 0 aliphatic heterocycles. The molecule has 13 heavy (non-hydrogen) atoms. The van der Waals surface area contributed by atoms with Gasteiger partial charge in [-0.25, -0.2) is 4.99 Å². The Morgan fingerprint density at radius 3 is 2.62 bits per heavy atom. The Bertz CT molecular complexity index is 319. The molecule has 0 atom stereocenters. The maximum atomic E-state index is 5.98. The molecule has 0 N–H and O–H groups in total. The standard InChI is InChI=1S/C10H13ClN2/c1-8-4-5-10(9(11)6-8)12-7-13(2)3/h4-7H,1-3H3. The number of hydrogen-bond acceptors (Lipinski definition) is 1. The molecule has 0 radical (unpaired) electrons. The second-order valence-electron chi connectivity index (χ2n) is 3.16. The summed E-state index contributed by atoms with van der Waals surface area (Å²) in [5.74, 6) is 0. The molecule has 1 rings (SSSR count). The minimum Gasteiger partial charge on any atom is -0.369 e. The van der Waals surface area contributed by atoms with Gasteiger partial charge in [0, 0.05) is 14.1 Å². The molecule has 0 saturated carbocycles. The zero-order chi connectivity index (χ0) is 9.84. The van der Waals surface area contributed by atoms with E-state index >= 15 is 0 Å². The Hall–Kier alpha value is -1.02. The molecule has 2 nitrogen and oxygen atoms in total. The van der Waals surface area contributed by atoms with E-state index in [2.05, 4.69) is 4.99 Å². The van der Waals surface area contributed by atoms with Crippen molar-refractivity contribution in [1.29, 1.82) is 0 Å². The van der Waals surface area contributed by atoms with Crippen LogP contribution in [-0.4, -0.2) is 25.3 Å². The molecule has 3 heteroatoms. The maximum absolute atomic E-state index is 5.98. The second kappa shape index (κ2) is 4.28. The van der Waals surface area contributed by atoms with E-state index in [0.29, 0.717) is 5.02 Å². The van der Waals surface area contributed by atoms with Crippen LogP contribution in [0.25, 0.3) is 0 Å². The first-order valence-corrected chi connectivity index (χ1v) is 4.44. The predicted octanol–water partition coefficient (Wildman–Crippen LogP) is 2.87. The number of aliphatic imine (C=N–C) groups is 1. The Kier molecular flexibility index (Phi) is 3.32. The fourth-order valence-electron chi connectivity index (χ4n) is 0.894. The Morgan fingerprint density at radius 2 is 2.08 bits per heavy atom. The summed E-state index contributed by atoms with van der Waals surface area (Å²) in [5.41, 5.74) is 1.95. The van der Waals surface area contributed by atoms with Crippen LogP contribution in [0.15, 0.2) is 23.2 Å². The van der Waals surface area contributed by atoms with Crippen LogP contribution in [0.2, 0.25) is 5.02 Å². The van der Waals surface area contributed by atoms with Crippen molar-refractivity contribution in [1.82, 2.24) is 4.90 Å². The van der Waals surface area contributed by atoms with Gasteiger partial charge in [0.1, 0.15) is 0 Å². The van der Waals surface area contributed by atoms with Gasteiger partial charge in [-0.2, -0.15) is 0 Å². The molecular weight excluding hydrogens is 184 g/mol. The van der Waals surface area contributed by atoms with Gasteiger partial charge in [-0.3, -0.25) is 0 Å². The van der Waals surface area contributed by atoms with Crippen LogP contribution in [0.4, 0.5) is 5.69 Å². The Balaban J connectivity index is 2.90. The van der Waals surface area contributed by atoms with Gasteiger partial charge in [-0.1, -0.05) is 17.7 Å². The summed E-state index contributed by atoms with van der Waals surface area (Å²) >= 11 is 5.98. The maximum Gasteiger partial charge on any atom is 0.0907 e. The Morgan fingerprint density at radius 1 is 1.38 bits per heavy atom. The molecule has 70 valence electrons. The zero-order valence-electron chi connectivity index (χ0n) is 8.08. The van der Waals surface area contributed by atoms with E-state index in [4.69, 9.17) is 11.6 Å². The third-order valence-electron chi connectivity index (χ3n) is 1.53. The molecule has 0 aliphatic rings. The SMILES string of the molecule is Cc1ccc(N=CN(C)C)c(Cl)c1. The molecule has 0 amide bonds. The number of aryl methyl sites for hydroxylation is 1. The van der Waals surface area contributed by atoms with Gasteiger partial charge in [0.2, 0.25) is 0 Å². The van der Waals surface area contributed by atoms with Gasteiger partial charge in [0.05, 0.1) is 17.0 Å². The highest BCUT2D eigenvalue weighted by molar-refractivity contribution is 6.33. The molecule has 0 saturated heterocycles. The first-order chi connectivity index (χ1) is 6.09. The van der Waals surface area contributed by atoms with E-state index in [9.17, 15) is 0 Å². The molecule has 0 unspecified atom stereocenters. The lowest BCUT2D eigenvalue weighted by molar-refractivity contribution is 0.643. The highest BCUT2D eigenvalue weighted by Gasteiger charge is 1.96. The van der Waals surface area contributed by atoms with Gasteiger partial charge in [0.15, 0.2) is 0 Å². The molecule has 0 fully saturated rings. The van der Waals surface area contributed by atoms with E-state index < -0.39 is 0 Å². The fourth-order valence-corrected chi connectivity index (χ4v) is 1.18. The molecular formula is C10H13ClN2. The molecule has 0 heterocycles. The number of nitrogens with zero attached hydrogens (tertiary/aromatic N) is 2. The van der Waals surface area contributed by atoms with E-state index in [0.717, 1.165) is 11.3 Å². The van der Waals surface area contributed by atoms with Gasteiger partial charge in [-0.15, -0.1) is 0 Å². The van der Waals surface area contributed by atoms with Crippen LogP contribution in [0, 0.1) is 6.92 Å². The molecule has 0 aliphatic carbocycles. The first kappa shape index (κ1) is 10.1. The average molecular weight is 197 g/mol. The average Bonchev–Trinajstić information content (AvgIpc) is 2.02. The summed E-state index contributed by atoms with van der Waals surface area (Å²) < 4.78 is 0. The summed E-state index contributed by atoms with van der Waals surface area (Å²) in [7, 11) is 3.84. The van der Waals surface area contributed by atoms with Crippen LogP contribution in [0.3, 0.4) is 0 Å². The summed E-state index contributed by atoms with van der Waals surface area (Å²) in [6.07, 6.45) is 1.73. The van der Waals surface area contributed by atoms with Crippen molar-refractivity contribution in [2.45, 2.75) is 6.92 Å². The molecule has 1 aromatic rings. The first-order valence-electron chi connectivity index (χ1n) is 4.06. The summed E-state index contributed by atoms with van der Waals surface area (Å²) in [6, 6.07) is 5.82. The van der Waals surface area contributed by atoms with Crippen LogP contribution >= 0.6 is 11.6 Å². The minimum atomic E-state index is 0.693. The molecule has 1 aromatic carbocycles. The highest BCUT2D eigenvalue weighted by Crippen LogP contribution is 2.24. The lowest BCUT2D eigenvalue weighted by Crippen LogP contribution is -2.06. The second-order valence-corrected chi connectivity index (χ2v) is 3.57. The van der Waals surface area contributed by atoms with Crippen molar-refractivity contribution in [3.05, 3.63) is 28.8 Å². The topological polar surface area (TPSA) is 15.6 Å². The quantitative estimate of drug-likeness (QED) is 0.525. The number of benzene rings is 1. The predicted molar refractivity (Wildman–Crippen MR) is 58.0 cm³/mol. The monoisotopic (exact) mass is 196 g/mol. The minimum absolute atomic E-state index is 0.693. The number of rotatable bonds is 2. The summed E-state index contributed by atoms with van der Waals surface area (Å²) in [5, 5.41) is 0.693. The lowest BCUT2D eigenvalue weighted by atomic mass is 10.2. The van der Waals surface area contributed by atoms with Gasteiger partial charge >= 0.3 is 0 Å². The van der Waals surface area contributed by atoms with Gasteiger partial charge in [0.25, 0.3) is 0 Å². The van der Waals surface area contributed by atoms with Crippen molar-refractivity contribution >= 4 is 23.6 Å². The van der Waals surface area contributed by atoms with Crippen LogP contribution in [0.1, 0.15) is 5.56 Å². The molecule has 0 spiro atoms.